The molecule has 194 valence electrons. The molecule has 0 radical (unpaired) electrons. The van der Waals surface area contributed by atoms with E-state index in [1.165, 1.54) is 37.6 Å². The fraction of sp³-hybridized carbons (Fsp3) is 0.304. The summed E-state index contributed by atoms with van der Waals surface area (Å²) in [7, 11) is -2.80. The first-order valence-corrected chi connectivity index (χ1v) is 12.8. The molecular formula is C23H23F2N7O4S. The molecule has 0 unspecified atom stereocenters. The van der Waals surface area contributed by atoms with Gasteiger partial charge in [-0.05, 0) is 44.2 Å². The van der Waals surface area contributed by atoms with E-state index in [1.54, 1.807) is 6.92 Å². The molecule has 1 saturated heterocycles. The molecule has 0 aliphatic carbocycles. The Balaban J connectivity index is 1.46. The standard InChI is InChI=1S/C23H23F2N7O4S/c1-12-20-22(31-30-12)28-21(29-23(20)36-18-6-7-26-11-16(18)25)13-3-4-17(15(24)9-13)32-37(33,34)19-10-14(35-2)5-8-27-19/h3-5,8-10,16,18,26,32H,6-7,11H2,1-2H3,(H,28,29,30,31)/t16-,18+/m0/s1. The Morgan fingerprint density at radius 1 is 1.19 bits per heavy atom. The van der Waals surface area contributed by atoms with Gasteiger partial charge in [0.15, 0.2) is 16.5 Å². The molecular weight excluding hydrogens is 508 g/mol. The summed E-state index contributed by atoms with van der Waals surface area (Å²) in [4.78, 5) is 12.7. The lowest BCUT2D eigenvalue weighted by molar-refractivity contribution is 0.0707. The number of pyridine rings is 1. The third kappa shape index (κ3) is 5.02. The summed E-state index contributed by atoms with van der Waals surface area (Å²) in [6.07, 6.45) is -0.213. The number of alkyl halides is 1. The number of piperidine rings is 1. The minimum Gasteiger partial charge on any atom is -0.497 e. The number of sulfonamides is 1. The van der Waals surface area contributed by atoms with Crippen molar-refractivity contribution in [1.29, 1.82) is 0 Å². The summed E-state index contributed by atoms with van der Waals surface area (Å²) in [6, 6.07) is 6.50. The largest absolute Gasteiger partial charge is 0.497 e. The van der Waals surface area contributed by atoms with Crippen molar-refractivity contribution in [2.75, 3.05) is 24.9 Å². The molecule has 1 fully saturated rings. The lowest BCUT2D eigenvalue weighted by Crippen LogP contribution is -2.44. The Labute approximate surface area is 210 Å². The van der Waals surface area contributed by atoms with Crippen molar-refractivity contribution in [3.8, 4) is 23.0 Å². The number of aromatic nitrogens is 5. The number of nitrogens with zero attached hydrogens (tertiary/aromatic N) is 4. The van der Waals surface area contributed by atoms with Crippen LogP contribution in [-0.4, -0.2) is 66.0 Å². The zero-order valence-electron chi connectivity index (χ0n) is 19.8. The van der Waals surface area contributed by atoms with Crippen molar-refractivity contribution in [3.63, 3.8) is 0 Å². The molecule has 0 bridgehead atoms. The van der Waals surface area contributed by atoms with E-state index in [2.05, 4.69) is 35.2 Å². The summed E-state index contributed by atoms with van der Waals surface area (Å²) < 4.78 is 68.0. The predicted molar refractivity (Wildman–Crippen MR) is 130 cm³/mol. The van der Waals surface area contributed by atoms with Crippen LogP contribution in [0.25, 0.3) is 22.4 Å². The fourth-order valence-corrected chi connectivity index (χ4v) is 4.96. The number of ether oxygens (including phenoxy) is 2. The molecule has 5 rings (SSSR count). The van der Waals surface area contributed by atoms with E-state index in [0.29, 0.717) is 29.7 Å². The Hall–Kier alpha value is -3.91. The number of aryl methyl sites for hydroxylation is 1. The number of methoxy groups -OCH3 is 1. The summed E-state index contributed by atoms with van der Waals surface area (Å²) >= 11 is 0. The first-order chi connectivity index (χ1) is 17.7. The lowest BCUT2D eigenvalue weighted by atomic mass is 10.1. The number of aromatic amines is 1. The van der Waals surface area contributed by atoms with Gasteiger partial charge in [-0.1, -0.05) is 0 Å². The highest BCUT2D eigenvalue weighted by molar-refractivity contribution is 7.92. The van der Waals surface area contributed by atoms with Crippen molar-refractivity contribution in [2.24, 2.45) is 0 Å². The highest BCUT2D eigenvalue weighted by atomic mass is 32.2. The van der Waals surface area contributed by atoms with Gasteiger partial charge in [0.1, 0.15) is 29.2 Å². The van der Waals surface area contributed by atoms with E-state index in [4.69, 9.17) is 9.47 Å². The van der Waals surface area contributed by atoms with Crippen LogP contribution in [0.1, 0.15) is 12.1 Å². The zero-order chi connectivity index (χ0) is 26.2. The van der Waals surface area contributed by atoms with E-state index in [9.17, 15) is 12.8 Å². The van der Waals surface area contributed by atoms with Gasteiger partial charge >= 0.3 is 0 Å². The summed E-state index contributed by atoms with van der Waals surface area (Å²) in [6.45, 7) is 2.51. The molecule has 1 aliphatic heterocycles. The number of halogens is 2. The van der Waals surface area contributed by atoms with Crippen molar-refractivity contribution >= 4 is 26.7 Å². The molecule has 0 saturated carbocycles. The smallest absolute Gasteiger partial charge is 0.279 e. The lowest BCUT2D eigenvalue weighted by Gasteiger charge is -2.27. The van der Waals surface area contributed by atoms with Crippen LogP contribution in [0, 0.1) is 12.7 Å². The van der Waals surface area contributed by atoms with Crippen molar-refractivity contribution < 1.29 is 26.7 Å². The van der Waals surface area contributed by atoms with Crippen molar-refractivity contribution in [3.05, 3.63) is 48.0 Å². The molecule has 1 aromatic carbocycles. The molecule has 3 N–H and O–H groups in total. The van der Waals surface area contributed by atoms with Crippen LogP contribution in [0.4, 0.5) is 14.5 Å². The minimum absolute atomic E-state index is 0.0956. The molecule has 4 aromatic rings. The van der Waals surface area contributed by atoms with Gasteiger partial charge in [-0.15, -0.1) is 0 Å². The number of hydrogen-bond acceptors (Lipinski definition) is 9. The Bertz CT molecular complexity index is 1560. The van der Waals surface area contributed by atoms with Gasteiger partial charge in [0.25, 0.3) is 10.0 Å². The first kappa shape index (κ1) is 24.8. The predicted octanol–water partition coefficient (Wildman–Crippen LogP) is 2.75. The minimum atomic E-state index is -4.19. The summed E-state index contributed by atoms with van der Waals surface area (Å²) in [5.41, 5.74) is 0.874. The van der Waals surface area contributed by atoms with Crippen LogP contribution in [0.15, 0.2) is 41.6 Å². The van der Waals surface area contributed by atoms with Crippen molar-refractivity contribution in [2.45, 2.75) is 30.6 Å². The van der Waals surface area contributed by atoms with Gasteiger partial charge in [0, 0.05) is 24.4 Å². The second-order valence-electron chi connectivity index (χ2n) is 8.38. The van der Waals surface area contributed by atoms with Gasteiger partial charge < -0.3 is 14.8 Å². The molecule has 11 nitrogen and oxygen atoms in total. The SMILES string of the molecule is COc1ccnc(S(=O)(=O)Nc2ccc(-c3nc(O[C@@H]4CCNC[C@@H]4F)c4c(C)n[nH]c4n3)cc2F)c1. The quantitative estimate of drug-likeness (QED) is 0.328. The Morgan fingerprint density at radius 2 is 2.03 bits per heavy atom. The Morgan fingerprint density at radius 3 is 2.78 bits per heavy atom. The van der Waals surface area contributed by atoms with Gasteiger partial charge in [-0.3, -0.25) is 9.82 Å². The van der Waals surface area contributed by atoms with Crippen LogP contribution < -0.4 is 19.5 Å². The average Bonchev–Trinajstić information content (AvgIpc) is 3.27. The number of nitrogens with one attached hydrogen (secondary N) is 3. The van der Waals surface area contributed by atoms with Crippen molar-refractivity contribution in [1.82, 2.24) is 30.5 Å². The number of H-pyrrole nitrogens is 1. The molecule has 14 heteroatoms. The maximum atomic E-state index is 15.0. The summed E-state index contributed by atoms with van der Waals surface area (Å²) in [5.74, 6) is -0.346. The number of hydrogen-bond donors (Lipinski definition) is 3. The molecule has 2 atom stereocenters. The number of rotatable bonds is 7. The van der Waals surface area contributed by atoms with Gasteiger partial charge in [-0.25, -0.2) is 18.7 Å². The highest BCUT2D eigenvalue weighted by Gasteiger charge is 2.28. The topological polar surface area (TPSA) is 144 Å². The number of benzene rings is 1. The molecule has 1 aliphatic rings. The normalized spacial score (nSPS) is 18.1. The van der Waals surface area contributed by atoms with E-state index in [1.807, 2.05) is 0 Å². The molecule has 3 aromatic heterocycles. The van der Waals surface area contributed by atoms with Crippen LogP contribution >= 0.6 is 0 Å². The van der Waals surface area contributed by atoms with Crippen LogP contribution in [-0.2, 0) is 10.0 Å². The molecule has 0 amide bonds. The molecule has 4 heterocycles. The second-order valence-corrected chi connectivity index (χ2v) is 10.0. The summed E-state index contributed by atoms with van der Waals surface area (Å²) in [5, 5.41) is 10.1. The first-order valence-electron chi connectivity index (χ1n) is 11.3. The highest BCUT2D eigenvalue weighted by Crippen LogP contribution is 2.31. The third-order valence-electron chi connectivity index (χ3n) is 5.87. The van der Waals surface area contributed by atoms with E-state index in [-0.39, 0.29) is 40.3 Å². The van der Waals surface area contributed by atoms with E-state index >= 15 is 4.39 Å². The average molecular weight is 532 g/mol. The van der Waals surface area contributed by atoms with Crippen LogP contribution in [0.5, 0.6) is 11.6 Å². The van der Waals surface area contributed by atoms with Gasteiger partial charge in [0.05, 0.1) is 18.5 Å². The van der Waals surface area contributed by atoms with E-state index < -0.39 is 28.1 Å². The zero-order valence-corrected chi connectivity index (χ0v) is 20.6. The molecule has 0 spiro atoms. The Kier molecular flexibility index (Phi) is 6.60. The van der Waals surface area contributed by atoms with Crippen LogP contribution in [0.2, 0.25) is 0 Å². The van der Waals surface area contributed by atoms with Crippen LogP contribution in [0.3, 0.4) is 0 Å². The number of fused-ring (bicyclic) bond motifs is 1. The monoisotopic (exact) mass is 531 g/mol. The maximum absolute atomic E-state index is 15.0. The second kappa shape index (κ2) is 9.86. The maximum Gasteiger partial charge on any atom is 0.279 e. The molecule has 37 heavy (non-hydrogen) atoms. The third-order valence-corrected chi connectivity index (χ3v) is 7.13. The number of anilines is 1. The van der Waals surface area contributed by atoms with Gasteiger partial charge in [-0.2, -0.15) is 18.5 Å². The van der Waals surface area contributed by atoms with Gasteiger partial charge in [0.2, 0.25) is 5.88 Å². The fourth-order valence-electron chi connectivity index (χ4n) is 3.93. The van der Waals surface area contributed by atoms with E-state index in [0.717, 1.165) is 6.07 Å².